The minimum absolute atomic E-state index is 0.0757. The summed E-state index contributed by atoms with van der Waals surface area (Å²) in [5.74, 6) is -0.395. The van der Waals surface area contributed by atoms with E-state index < -0.39 is 5.97 Å². The molecule has 0 spiro atoms. The van der Waals surface area contributed by atoms with Crippen molar-refractivity contribution in [2.45, 2.75) is 18.5 Å². The van der Waals surface area contributed by atoms with Crippen LogP contribution in [0, 0.1) is 0 Å². The number of nitrogens with zero attached hydrogens (tertiary/aromatic N) is 3. The van der Waals surface area contributed by atoms with Crippen LogP contribution >= 0.6 is 12.2 Å². The average molecular weight is 437 g/mol. The normalized spacial score (nSPS) is 18.1. The van der Waals surface area contributed by atoms with Crippen LogP contribution in [0.15, 0.2) is 67.0 Å². The topological polar surface area (TPSA) is 79.6 Å². The molecule has 0 bridgehead atoms. The molecule has 3 heterocycles. The zero-order valence-electron chi connectivity index (χ0n) is 17.1. The van der Waals surface area contributed by atoms with Crippen molar-refractivity contribution in [2.75, 3.05) is 20.3 Å². The second-order valence-electron chi connectivity index (χ2n) is 7.21. The first-order chi connectivity index (χ1) is 15.2. The standard InChI is InChI=1S/C23H24N4O3S/c1-30-22(29)16-8-2-3-10-18(16)26-13-6-11-19(26)21-20(17-9-4-5-12-24-17)25-23(31)27(21)14-7-15-28/h2-6,8-13,20-21,28H,7,14-15H2,1H3,(H,25,31)/t20-,21-/m1/s1. The van der Waals surface area contributed by atoms with E-state index in [0.717, 1.165) is 17.1 Å². The Morgan fingerprint density at radius 2 is 2.00 bits per heavy atom. The molecule has 160 valence electrons. The number of nitrogens with one attached hydrogen (secondary N) is 1. The zero-order chi connectivity index (χ0) is 21.8. The van der Waals surface area contributed by atoms with Crippen LogP contribution in [-0.2, 0) is 4.74 Å². The van der Waals surface area contributed by atoms with Gasteiger partial charge in [-0.15, -0.1) is 0 Å². The highest BCUT2D eigenvalue weighted by molar-refractivity contribution is 7.80. The average Bonchev–Trinajstić information content (AvgIpc) is 3.41. The summed E-state index contributed by atoms with van der Waals surface area (Å²) in [6.07, 6.45) is 4.28. The van der Waals surface area contributed by atoms with E-state index in [4.69, 9.17) is 17.0 Å². The molecule has 1 fully saturated rings. The van der Waals surface area contributed by atoms with Crippen molar-refractivity contribution < 1.29 is 14.6 Å². The lowest BCUT2D eigenvalue weighted by molar-refractivity contribution is 0.0600. The lowest BCUT2D eigenvalue weighted by atomic mass is 10.0. The fraction of sp³-hybridized carbons (Fsp3) is 0.261. The van der Waals surface area contributed by atoms with Gasteiger partial charge in [-0.1, -0.05) is 18.2 Å². The highest BCUT2D eigenvalue weighted by Crippen LogP contribution is 2.39. The summed E-state index contributed by atoms with van der Waals surface area (Å²) < 4.78 is 6.98. The first kappa shape index (κ1) is 21.0. The number of thiocarbonyl (C=S) groups is 1. The molecule has 0 aliphatic carbocycles. The van der Waals surface area contributed by atoms with Crippen molar-refractivity contribution in [1.29, 1.82) is 0 Å². The Hall–Kier alpha value is -3.23. The first-order valence-corrected chi connectivity index (χ1v) is 10.5. The highest BCUT2D eigenvalue weighted by atomic mass is 32.1. The van der Waals surface area contributed by atoms with Gasteiger partial charge in [0.2, 0.25) is 0 Å². The fourth-order valence-corrected chi connectivity index (χ4v) is 4.36. The SMILES string of the molecule is COC(=O)c1ccccc1-n1cccc1[C@@H]1[C@@H](c2ccccn2)NC(=S)N1CCCO. The van der Waals surface area contributed by atoms with Crippen molar-refractivity contribution >= 4 is 23.3 Å². The molecular formula is C23H24N4O3S. The summed E-state index contributed by atoms with van der Waals surface area (Å²) in [4.78, 5) is 19.0. The third-order valence-corrected chi connectivity index (χ3v) is 5.76. The van der Waals surface area contributed by atoms with E-state index in [9.17, 15) is 9.90 Å². The van der Waals surface area contributed by atoms with E-state index in [2.05, 4.69) is 15.2 Å². The van der Waals surface area contributed by atoms with Crippen LogP contribution in [0.1, 0.15) is 40.3 Å². The molecule has 2 N–H and O–H groups in total. The van der Waals surface area contributed by atoms with Crippen molar-refractivity contribution in [3.8, 4) is 5.69 Å². The number of pyridine rings is 1. The smallest absolute Gasteiger partial charge is 0.339 e. The Kier molecular flexibility index (Phi) is 6.29. The van der Waals surface area contributed by atoms with Gasteiger partial charge in [-0.25, -0.2) is 4.79 Å². The lowest BCUT2D eigenvalue weighted by Crippen LogP contribution is -2.32. The molecule has 7 nitrogen and oxygen atoms in total. The van der Waals surface area contributed by atoms with Gasteiger partial charge in [-0.3, -0.25) is 4.98 Å². The van der Waals surface area contributed by atoms with Crippen LogP contribution in [0.4, 0.5) is 0 Å². The molecule has 1 aliphatic rings. The minimum atomic E-state index is -0.395. The molecule has 0 radical (unpaired) electrons. The Morgan fingerprint density at radius 1 is 1.19 bits per heavy atom. The van der Waals surface area contributed by atoms with Gasteiger partial charge in [0, 0.05) is 31.2 Å². The number of carbonyl (C=O) groups is 1. The van der Waals surface area contributed by atoms with Crippen molar-refractivity contribution in [3.63, 3.8) is 0 Å². The molecule has 0 amide bonds. The van der Waals surface area contributed by atoms with Gasteiger partial charge in [0.25, 0.3) is 0 Å². The number of aliphatic hydroxyl groups is 1. The largest absolute Gasteiger partial charge is 0.465 e. The molecule has 8 heteroatoms. The van der Waals surface area contributed by atoms with Crippen LogP contribution in [0.25, 0.3) is 5.69 Å². The number of para-hydroxylation sites is 1. The van der Waals surface area contributed by atoms with Crippen LogP contribution in [-0.4, -0.2) is 50.9 Å². The molecule has 3 aromatic rings. The molecule has 1 aromatic carbocycles. The maximum Gasteiger partial charge on any atom is 0.339 e. The lowest BCUT2D eigenvalue weighted by Gasteiger charge is -2.29. The maximum atomic E-state index is 12.4. The second kappa shape index (κ2) is 9.28. The van der Waals surface area contributed by atoms with Crippen molar-refractivity contribution in [2.24, 2.45) is 0 Å². The van der Waals surface area contributed by atoms with Gasteiger partial charge in [0.1, 0.15) is 0 Å². The highest BCUT2D eigenvalue weighted by Gasteiger charge is 2.41. The predicted molar refractivity (Wildman–Crippen MR) is 121 cm³/mol. The Bertz CT molecular complexity index is 1070. The summed E-state index contributed by atoms with van der Waals surface area (Å²) in [5, 5.41) is 13.4. The number of hydrogen-bond acceptors (Lipinski definition) is 5. The van der Waals surface area contributed by atoms with E-state index in [1.165, 1.54) is 7.11 Å². The molecule has 2 atom stereocenters. The number of hydrogen-bond donors (Lipinski definition) is 2. The van der Waals surface area contributed by atoms with Crippen LogP contribution in [0.5, 0.6) is 0 Å². The number of carbonyl (C=O) groups excluding carboxylic acids is 1. The summed E-state index contributed by atoms with van der Waals surface area (Å²) in [6.45, 7) is 0.673. The summed E-state index contributed by atoms with van der Waals surface area (Å²) >= 11 is 5.65. The van der Waals surface area contributed by atoms with Gasteiger partial charge in [-0.05, 0) is 55.0 Å². The van der Waals surface area contributed by atoms with E-state index in [1.54, 1.807) is 12.3 Å². The van der Waals surface area contributed by atoms with E-state index in [-0.39, 0.29) is 18.7 Å². The molecule has 31 heavy (non-hydrogen) atoms. The van der Waals surface area contributed by atoms with Crippen LogP contribution in [0.3, 0.4) is 0 Å². The van der Waals surface area contributed by atoms with Crippen LogP contribution < -0.4 is 5.32 Å². The van der Waals surface area contributed by atoms with Crippen molar-refractivity contribution in [1.82, 2.24) is 19.8 Å². The molecule has 0 saturated carbocycles. The van der Waals surface area contributed by atoms with Gasteiger partial charge in [0.05, 0.1) is 36.1 Å². The van der Waals surface area contributed by atoms with Gasteiger partial charge < -0.3 is 24.6 Å². The summed E-state index contributed by atoms with van der Waals surface area (Å²) in [5.41, 5.74) is 3.04. The molecule has 0 unspecified atom stereocenters. The first-order valence-electron chi connectivity index (χ1n) is 10.1. The Balaban J connectivity index is 1.83. The quantitative estimate of drug-likeness (QED) is 0.435. The number of aliphatic hydroxyl groups excluding tert-OH is 1. The van der Waals surface area contributed by atoms with Crippen LogP contribution in [0.2, 0.25) is 0 Å². The van der Waals surface area contributed by atoms with E-state index >= 15 is 0 Å². The third-order valence-electron chi connectivity index (χ3n) is 5.41. The zero-order valence-corrected chi connectivity index (χ0v) is 18.0. The van der Waals surface area contributed by atoms with E-state index in [0.29, 0.717) is 23.6 Å². The minimum Gasteiger partial charge on any atom is -0.465 e. The summed E-state index contributed by atoms with van der Waals surface area (Å²) in [7, 11) is 1.38. The fourth-order valence-electron chi connectivity index (χ4n) is 4.03. The maximum absolute atomic E-state index is 12.4. The monoisotopic (exact) mass is 436 g/mol. The number of rotatable bonds is 7. The number of esters is 1. The van der Waals surface area contributed by atoms with Gasteiger partial charge in [-0.2, -0.15) is 0 Å². The van der Waals surface area contributed by atoms with E-state index in [1.807, 2.05) is 59.3 Å². The number of methoxy groups -OCH3 is 1. The Morgan fingerprint density at radius 3 is 2.74 bits per heavy atom. The Labute approximate surface area is 186 Å². The third kappa shape index (κ3) is 4.04. The predicted octanol–water partition coefficient (Wildman–Crippen LogP) is 3.01. The summed E-state index contributed by atoms with van der Waals surface area (Å²) in [6, 6.07) is 16.8. The molecule has 1 saturated heterocycles. The second-order valence-corrected chi connectivity index (χ2v) is 7.60. The van der Waals surface area contributed by atoms with Gasteiger partial charge in [0.15, 0.2) is 5.11 Å². The molecular weight excluding hydrogens is 412 g/mol. The number of ether oxygens (including phenoxy) is 1. The molecule has 2 aromatic heterocycles. The number of benzene rings is 1. The van der Waals surface area contributed by atoms with Crippen molar-refractivity contribution in [3.05, 3.63) is 83.9 Å². The molecule has 1 aliphatic heterocycles. The number of aromatic nitrogens is 2. The molecule has 4 rings (SSSR count). The van der Waals surface area contributed by atoms with Gasteiger partial charge >= 0.3 is 5.97 Å².